The smallest absolute Gasteiger partial charge is 0.149 e. The van der Waals surface area contributed by atoms with Gasteiger partial charge < -0.3 is 10.8 Å². The maximum absolute atomic E-state index is 13.0. The average molecular weight is 188 g/mol. The highest BCUT2D eigenvalue weighted by Gasteiger charge is 2.16. The van der Waals surface area contributed by atoms with E-state index in [1.165, 1.54) is 0 Å². The van der Waals surface area contributed by atoms with Crippen molar-refractivity contribution in [3.63, 3.8) is 0 Å². The van der Waals surface area contributed by atoms with Crippen LogP contribution in [0.5, 0.6) is 0 Å². The standard InChI is InChI=1S/C8H10F2N2O/c9-5-3-12-4-6(10)8(5)7(11)1-2-13/h3-4,7,13H,1-2,11H2/t7-/m0/s1. The largest absolute Gasteiger partial charge is 0.396 e. The predicted molar refractivity (Wildman–Crippen MR) is 42.8 cm³/mol. The molecule has 0 aliphatic carbocycles. The Balaban J connectivity index is 2.98. The van der Waals surface area contributed by atoms with Crippen molar-refractivity contribution < 1.29 is 13.9 Å². The minimum atomic E-state index is -0.826. The van der Waals surface area contributed by atoms with Crippen molar-refractivity contribution in [2.24, 2.45) is 5.73 Å². The van der Waals surface area contributed by atoms with Crippen LogP contribution in [0.4, 0.5) is 8.78 Å². The van der Waals surface area contributed by atoms with Crippen LogP contribution >= 0.6 is 0 Å². The van der Waals surface area contributed by atoms with Crippen LogP contribution in [0.1, 0.15) is 18.0 Å². The van der Waals surface area contributed by atoms with Gasteiger partial charge in [0.2, 0.25) is 0 Å². The number of hydrogen-bond acceptors (Lipinski definition) is 3. The number of rotatable bonds is 3. The lowest BCUT2D eigenvalue weighted by molar-refractivity contribution is 0.274. The molecule has 1 atom stereocenters. The van der Waals surface area contributed by atoms with Crippen molar-refractivity contribution in [1.82, 2.24) is 4.98 Å². The van der Waals surface area contributed by atoms with Gasteiger partial charge in [0.1, 0.15) is 11.6 Å². The first-order valence-corrected chi connectivity index (χ1v) is 3.82. The van der Waals surface area contributed by atoms with Gasteiger partial charge in [0.05, 0.1) is 12.4 Å². The number of nitrogens with zero attached hydrogens (tertiary/aromatic N) is 1. The summed E-state index contributed by atoms with van der Waals surface area (Å²) in [4.78, 5) is 3.32. The first-order valence-electron chi connectivity index (χ1n) is 3.82. The van der Waals surface area contributed by atoms with Crippen molar-refractivity contribution in [2.75, 3.05) is 6.61 Å². The summed E-state index contributed by atoms with van der Waals surface area (Å²) in [6.07, 6.45) is 1.92. The van der Waals surface area contributed by atoms with Gasteiger partial charge in [-0.15, -0.1) is 0 Å². The molecular formula is C8H10F2N2O. The Kier molecular flexibility index (Phi) is 3.27. The topological polar surface area (TPSA) is 59.1 Å². The summed E-state index contributed by atoms with van der Waals surface area (Å²) in [5, 5.41) is 8.54. The van der Waals surface area contributed by atoms with Gasteiger partial charge >= 0.3 is 0 Å². The second kappa shape index (κ2) is 4.25. The van der Waals surface area contributed by atoms with Crippen molar-refractivity contribution >= 4 is 0 Å². The molecule has 0 bridgehead atoms. The van der Waals surface area contributed by atoms with E-state index in [0.717, 1.165) is 12.4 Å². The maximum atomic E-state index is 13.0. The van der Waals surface area contributed by atoms with E-state index in [9.17, 15) is 8.78 Å². The van der Waals surface area contributed by atoms with Crippen molar-refractivity contribution in [3.05, 3.63) is 29.6 Å². The SMILES string of the molecule is N[C@@H](CCO)c1c(F)cncc1F. The van der Waals surface area contributed by atoms with Crippen molar-refractivity contribution in [2.45, 2.75) is 12.5 Å². The first-order chi connectivity index (χ1) is 6.16. The summed E-state index contributed by atoms with van der Waals surface area (Å²) in [5.74, 6) is -1.55. The third-order valence-electron chi connectivity index (χ3n) is 1.70. The third kappa shape index (κ3) is 2.19. The van der Waals surface area contributed by atoms with Crippen LogP contribution < -0.4 is 5.73 Å². The van der Waals surface area contributed by atoms with Crippen LogP contribution in [0.2, 0.25) is 0 Å². The predicted octanol–water partition coefficient (Wildman–Crippen LogP) is 0.742. The van der Waals surface area contributed by atoms with Gasteiger partial charge in [-0.05, 0) is 6.42 Å². The van der Waals surface area contributed by atoms with Gasteiger partial charge in [0, 0.05) is 18.2 Å². The fourth-order valence-corrected chi connectivity index (χ4v) is 1.06. The molecule has 0 saturated heterocycles. The summed E-state index contributed by atoms with van der Waals surface area (Å²) in [7, 11) is 0. The lowest BCUT2D eigenvalue weighted by atomic mass is 10.1. The fourth-order valence-electron chi connectivity index (χ4n) is 1.06. The number of halogens is 2. The molecule has 0 aliphatic heterocycles. The lowest BCUT2D eigenvalue weighted by Gasteiger charge is -2.11. The first kappa shape index (κ1) is 10.0. The fraction of sp³-hybridized carbons (Fsp3) is 0.375. The summed E-state index contributed by atoms with van der Waals surface area (Å²) in [6.45, 7) is -0.206. The molecule has 0 unspecified atom stereocenters. The van der Waals surface area contributed by atoms with E-state index >= 15 is 0 Å². The zero-order valence-electron chi connectivity index (χ0n) is 6.87. The molecule has 1 heterocycles. The van der Waals surface area contributed by atoms with Crippen LogP contribution in [0.15, 0.2) is 12.4 Å². The number of hydrogen-bond donors (Lipinski definition) is 2. The van der Waals surface area contributed by atoms with Crippen LogP contribution in [0.3, 0.4) is 0 Å². The number of nitrogens with two attached hydrogens (primary N) is 1. The van der Waals surface area contributed by atoms with E-state index in [2.05, 4.69) is 4.98 Å². The van der Waals surface area contributed by atoms with Crippen molar-refractivity contribution in [1.29, 1.82) is 0 Å². The second-order valence-electron chi connectivity index (χ2n) is 2.64. The molecule has 0 saturated carbocycles. The Morgan fingerprint density at radius 3 is 2.38 bits per heavy atom. The van der Waals surface area contributed by atoms with Crippen LogP contribution in [0, 0.1) is 11.6 Å². The highest BCUT2D eigenvalue weighted by Crippen LogP contribution is 2.19. The molecule has 0 fully saturated rings. The average Bonchev–Trinajstić information content (AvgIpc) is 2.04. The molecular weight excluding hydrogens is 178 g/mol. The van der Waals surface area contributed by atoms with Crippen LogP contribution in [-0.4, -0.2) is 16.7 Å². The molecule has 0 aliphatic rings. The summed E-state index contributed by atoms with van der Waals surface area (Å²) in [6, 6.07) is -0.826. The van der Waals surface area contributed by atoms with E-state index in [1.807, 2.05) is 0 Å². The molecule has 1 aromatic rings. The molecule has 0 radical (unpaired) electrons. The zero-order valence-corrected chi connectivity index (χ0v) is 6.87. The molecule has 3 N–H and O–H groups in total. The van der Waals surface area contributed by atoms with E-state index in [0.29, 0.717) is 0 Å². The highest BCUT2D eigenvalue weighted by atomic mass is 19.1. The number of aliphatic hydroxyl groups is 1. The Morgan fingerprint density at radius 2 is 1.92 bits per heavy atom. The highest BCUT2D eigenvalue weighted by molar-refractivity contribution is 5.18. The molecule has 5 heteroatoms. The monoisotopic (exact) mass is 188 g/mol. The number of aliphatic hydroxyl groups excluding tert-OH is 1. The van der Waals surface area contributed by atoms with Crippen LogP contribution in [0.25, 0.3) is 0 Å². The molecule has 1 aromatic heterocycles. The van der Waals surface area contributed by atoms with Gasteiger partial charge in [-0.25, -0.2) is 8.78 Å². The van der Waals surface area contributed by atoms with E-state index < -0.39 is 17.7 Å². The van der Waals surface area contributed by atoms with Gasteiger partial charge in [-0.2, -0.15) is 0 Å². The summed E-state index contributed by atoms with van der Waals surface area (Å²) in [5.41, 5.74) is 5.22. The Morgan fingerprint density at radius 1 is 1.38 bits per heavy atom. The number of aromatic nitrogens is 1. The van der Waals surface area contributed by atoms with Gasteiger partial charge in [-0.1, -0.05) is 0 Å². The molecule has 3 nitrogen and oxygen atoms in total. The van der Waals surface area contributed by atoms with E-state index in [1.54, 1.807) is 0 Å². The molecule has 72 valence electrons. The molecule has 0 aromatic carbocycles. The Bertz CT molecular complexity index is 273. The summed E-state index contributed by atoms with van der Waals surface area (Å²) >= 11 is 0. The maximum Gasteiger partial charge on any atom is 0.149 e. The van der Waals surface area contributed by atoms with Gasteiger partial charge in [0.15, 0.2) is 0 Å². The Labute approximate surface area is 74.2 Å². The minimum Gasteiger partial charge on any atom is -0.396 e. The second-order valence-corrected chi connectivity index (χ2v) is 2.64. The number of pyridine rings is 1. The zero-order chi connectivity index (χ0) is 9.84. The molecule has 0 amide bonds. The molecule has 0 spiro atoms. The third-order valence-corrected chi connectivity index (χ3v) is 1.70. The minimum absolute atomic E-state index is 0.123. The normalized spacial score (nSPS) is 12.9. The van der Waals surface area contributed by atoms with E-state index in [4.69, 9.17) is 10.8 Å². The molecule has 1 rings (SSSR count). The lowest BCUT2D eigenvalue weighted by Crippen LogP contribution is -2.15. The van der Waals surface area contributed by atoms with Gasteiger partial charge in [0.25, 0.3) is 0 Å². The summed E-state index contributed by atoms with van der Waals surface area (Å²) < 4.78 is 25.9. The molecule has 13 heavy (non-hydrogen) atoms. The quantitative estimate of drug-likeness (QED) is 0.735. The van der Waals surface area contributed by atoms with Crippen molar-refractivity contribution in [3.8, 4) is 0 Å². The van der Waals surface area contributed by atoms with E-state index in [-0.39, 0.29) is 18.6 Å². The van der Waals surface area contributed by atoms with Gasteiger partial charge in [-0.3, -0.25) is 4.98 Å². The van der Waals surface area contributed by atoms with Crippen LogP contribution in [-0.2, 0) is 0 Å². The Hall–Kier alpha value is -1.07.